The van der Waals surface area contributed by atoms with Crippen LogP contribution in [0.5, 0.6) is 0 Å². The lowest BCUT2D eigenvalue weighted by Gasteiger charge is -2.18. The molecule has 1 heterocycles. The standard InChI is InChI=1S/C11H16N4O5/c1-7(2)15-4-8(3-12-15)13-11(20)14(5-9(16)17)6-10(18)19/h3-4,7H,5-6H2,1-2H3,(H,13,20)(H,16,17)(H,18,19). The Bertz CT molecular complexity index is 495. The second-order valence-corrected chi connectivity index (χ2v) is 4.38. The van der Waals surface area contributed by atoms with E-state index >= 15 is 0 Å². The van der Waals surface area contributed by atoms with Crippen molar-refractivity contribution in [2.75, 3.05) is 18.4 Å². The van der Waals surface area contributed by atoms with Crippen molar-refractivity contribution in [3.63, 3.8) is 0 Å². The topological polar surface area (TPSA) is 125 Å². The molecule has 1 aromatic heterocycles. The van der Waals surface area contributed by atoms with E-state index in [-0.39, 0.29) is 6.04 Å². The molecule has 0 radical (unpaired) electrons. The summed E-state index contributed by atoms with van der Waals surface area (Å²) in [6, 6.07) is -0.701. The number of anilines is 1. The maximum absolute atomic E-state index is 11.8. The molecule has 0 aromatic carbocycles. The summed E-state index contributed by atoms with van der Waals surface area (Å²) in [4.78, 5) is 33.7. The minimum atomic E-state index is -1.29. The van der Waals surface area contributed by atoms with E-state index in [1.165, 1.54) is 6.20 Å². The molecule has 1 rings (SSSR count). The Balaban J connectivity index is 2.73. The largest absolute Gasteiger partial charge is 0.480 e. The molecule has 0 saturated heterocycles. The van der Waals surface area contributed by atoms with Crippen molar-refractivity contribution in [3.8, 4) is 0 Å². The lowest BCUT2D eigenvalue weighted by atomic mass is 10.4. The number of hydrogen-bond donors (Lipinski definition) is 3. The van der Waals surface area contributed by atoms with Gasteiger partial charge in [0.2, 0.25) is 0 Å². The molecule has 0 fully saturated rings. The van der Waals surface area contributed by atoms with Crippen LogP contribution in [0.3, 0.4) is 0 Å². The molecule has 1 aromatic rings. The highest BCUT2D eigenvalue weighted by Gasteiger charge is 2.20. The summed E-state index contributed by atoms with van der Waals surface area (Å²) in [7, 11) is 0. The zero-order chi connectivity index (χ0) is 15.3. The predicted octanol–water partition coefficient (Wildman–Crippen LogP) is 0.467. The van der Waals surface area contributed by atoms with Crippen LogP contribution in [0.25, 0.3) is 0 Å². The Hall–Kier alpha value is -2.58. The summed E-state index contributed by atoms with van der Waals surface area (Å²) in [5.74, 6) is -2.58. The van der Waals surface area contributed by atoms with Crippen molar-refractivity contribution >= 4 is 23.7 Å². The molecule has 0 bridgehead atoms. The highest BCUT2D eigenvalue weighted by atomic mass is 16.4. The minimum Gasteiger partial charge on any atom is -0.480 e. The number of nitrogens with zero attached hydrogens (tertiary/aromatic N) is 3. The van der Waals surface area contributed by atoms with Gasteiger partial charge in [-0.2, -0.15) is 5.10 Å². The summed E-state index contributed by atoms with van der Waals surface area (Å²) < 4.78 is 1.61. The van der Waals surface area contributed by atoms with Gasteiger partial charge in [-0.1, -0.05) is 0 Å². The van der Waals surface area contributed by atoms with Gasteiger partial charge in [0, 0.05) is 12.2 Å². The third-order valence-corrected chi connectivity index (χ3v) is 2.32. The van der Waals surface area contributed by atoms with Crippen LogP contribution in [-0.4, -0.2) is 56.0 Å². The molecular formula is C11H16N4O5. The second-order valence-electron chi connectivity index (χ2n) is 4.38. The highest BCUT2D eigenvalue weighted by molar-refractivity contribution is 5.93. The lowest BCUT2D eigenvalue weighted by Crippen LogP contribution is -2.41. The van der Waals surface area contributed by atoms with Gasteiger partial charge in [-0.3, -0.25) is 14.3 Å². The third-order valence-electron chi connectivity index (χ3n) is 2.32. The number of rotatable bonds is 6. The number of carbonyl (C=O) groups is 3. The summed E-state index contributed by atoms with van der Waals surface area (Å²) in [5.41, 5.74) is 0.365. The Morgan fingerprint density at radius 2 is 1.85 bits per heavy atom. The van der Waals surface area contributed by atoms with Gasteiger partial charge in [-0.15, -0.1) is 0 Å². The number of hydrogen-bond acceptors (Lipinski definition) is 4. The van der Waals surface area contributed by atoms with E-state index in [4.69, 9.17) is 10.2 Å². The number of carboxylic acids is 2. The van der Waals surface area contributed by atoms with E-state index in [1.54, 1.807) is 10.9 Å². The SMILES string of the molecule is CC(C)n1cc(NC(=O)N(CC(=O)O)CC(=O)O)cn1. The molecule has 20 heavy (non-hydrogen) atoms. The van der Waals surface area contributed by atoms with E-state index in [0.717, 1.165) is 0 Å². The summed E-state index contributed by atoms with van der Waals surface area (Å²) in [6.07, 6.45) is 2.97. The first-order valence-electron chi connectivity index (χ1n) is 5.83. The van der Waals surface area contributed by atoms with Gasteiger partial charge in [0.05, 0.1) is 11.9 Å². The van der Waals surface area contributed by atoms with Gasteiger partial charge < -0.3 is 20.4 Å². The summed E-state index contributed by atoms with van der Waals surface area (Å²) in [5, 5.41) is 23.7. The Kier molecular flexibility index (Phi) is 5.07. The van der Waals surface area contributed by atoms with Gasteiger partial charge in [0.1, 0.15) is 13.1 Å². The molecule has 0 saturated carbocycles. The number of carbonyl (C=O) groups excluding carboxylic acids is 1. The number of nitrogens with one attached hydrogen (secondary N) is 1. The summed E-state index contributed by atoms with van der Waals surface area (Å²) >= 11 is 0. The van der Waals surface area contributed by atoms with Crippen LogP contribution in [-0.2, 0) is 9.59 Å². The molecule has 0 atom stereocenters. The zero-order valence-corrected chi connectivity index (χ0v) is 11.1. The first kappa shape index (κ1) is 15.5. The first-order chi connectivity index (χ1) is 9.29. The molecule has 0 unspecified atom stereocenters. The number of aliphatic carboxylic acids is 2. The quantitative estimate of drug-likeness (QED) is 0.697. The van der Waals surface area contributed by atoms with Gasteiger partial charge in [0.25, 0.3) is 0 Å². The van der Waals surface area contributed by atoms with Gasteiger partial charge >= 0.3 is 18.0 Å². The fraction of sp³-hybridized carbons (Fsp3) is 0.455. The third kappa shape index (κ3) is 4.59. The molecule has 0 aliphatic carbocycles. The number of amides is 2. The number of carboxylic acid groups (broad SMARTS) is 2. The van der Waals surface area contributed by atoms with Crippen molar-refractivity contribution in [1.29, 1.82) is 0 Å². The van der Waals surface area contributed by atoms with Gasteiger partial charge in [0.15, 0.2) is 0 Å². The maximum atomic E-state index is 11.8. The fourth-order valence-corrected chi connectivity index (χ4v) is 1.41. The van der Waals surface area contributed by atoms with Crippen molar-refractivity contribution in [2.45, 2.75) is 19.9 Å². The van der Waals surface area contributed by atoms with E-state index in [2.05, 4.69) is 10.4 Å². The molecule has 0 aliphatic heterocycles. The molecule has 0 aliphatic rings. The molecule has 0 spiro atoms. The molecule has 3 N–H and O–H groups in total. The van der Waals surface area contributed by atoms with E-state index in [9.17, 15) is 14.4 Å². The predicted molar refractivity (Wildman–Crippen MR) is 68.5 cm³/mol. The zero-order valence-electron chi connectivity index (χ0n) is 11.1. The molecule has 9 heteroatoms. The van der Waals surface area contributed by atoms with Crippen molar-refractivity contribution in [3.05, 3.63) is 12.4 Å². The Morgan fingerprint density at radius 1 is 1.30 bits per heavy atom. The monoisotopic (exact) mass is 284 g/mol. The first-order valence-corrected chi connectivity index (χ1v) is 5.83. The van der Waals surface area contributed by atoms with Crippen molar-refractivity contribution < 1.29 is 24.6 Å². The lowest BCUT2D eigenvalue weighted by molar-refractivity contribution is -0.140. The molecular weight excluding hydrogens is 268 g/mol. The van der Waals surface area contributed by atoms with Crippen LogP contribution in [0, 0.1) is 0 Å². The smallest absolute Gasteiger partial charge is 0.323 e. The van der Waals surface area contributed by atoms with E-state index in [1.807, 2.05) is 13.8 Å². The Morgan fingerprint density at radius 3 is 2.25 bits per heavy atom. The number of aromatic nitrogens is 2. The van der Waals surface area contributed by atoms with Crippen molar-refractivity contribution in [2.24, 2.45) is 0 Å². The van der Waals surface area contributed by atoms with Crippen LogP contribution in [0.2, 0.25) is 0 Å². The minimum absolute atomic E-state index is 0.106. The van der Waals surface area contributed by atoms with Crippen LogP contribution < -0.4 is 5.32 Å². The number of urea groups is 1. The molecule has 110 valence electrons. The second kappa shape index (κ2) is 6.55. The van der Waals surface area contributed by atoms with Gasteiger partial charge in [-0.05, 0) is 13.8 Å². The molecule has 2 amide bonds. The average Bonchev–Trinajstić information content (AvgIpc) is 2.75. The summed E-state index contributed by atoms with van der Waals surface area (Å²) in [6.45, 7) is 2.41. The van der Waals surface area contributed by atoms with Crippen LogP contribution in [0.15, 0.2) is 12.4 Å². The van der Waals surface area contributed by atoms with Crippen LogP contribution in [0.1, 0.15) is 19.9 Å². The average molecular weight is 284 g/mol. The van der Waals surface area contributed by atoms with Crippen LogP contribution in [0.4, 0.5) is 10.5 Å². The highest BCUT2D eigenvalue weighted by Crippen LogP contribution is 2.10. The van der Waals surface area contributed by atoms with E-state index < -0.39 is 31.1 Å². The van der Waals surface area contributed by atoms with Gasteiger partial charge in [-0.25, -0.2) is 4.79 Å². The van der Waals surface area contributed by atoms with Crippen LogP contribution >= 0.6 is 0 Å². The molecule has 9 nitrogen and oxygen atoms in total. The van der Waals surface area contributed by atoms with Crippen molar-refractivity contribution in [1.82, 2.24) is 14.7 Å². The Labute approximate surface area is 114 Å². The fourth-order valence-electron chi connectivity index (χ4n) is 1.41. The van der Waals surface area contributed by atoms with E-state index in [0.29, 0.717) is 10.6 Å². The normalized spacial score (nSPS) is 10.3. The maximum Gasteiger partial charge on any atom is 0.323 e.